The van der Waals surface area contributed by atoms with Gasteiger partial charge in [-0.25, -0.2) is 9.78 Å². The van der Waals surface area contributed by atoms with Crippen LogP contribution in [0.15, 0.2) is 48.5 Å². The van der Waals surface area contributed by atoms with Crippen molar-refractivity contribution >= 4 is 6.03 Å². The van der Waals surface area contributed by atoms with Gasteiger partial charge in [-0.2, -0.15) is 0 Å². The van der Waals surface area contributed by atoms with Gasteiger partial charge in [0.25, 0.3) is 0 Å². The summed E-state index contributed by atoms with van der Waals surface area (Å²) in [5.74, 6) is 1.00. The number of amides is 2. The molecular formula is C20H25N3O2. The third-order valence-corrected chi connectivity index (χ3v) is 4.42. The summed E-state index contributed by atoms with van der Waals surface area (Å²) in [6.45, 7) is 4.64. The van der Waals surface area contributed by atoms with Crippen molar-refractivity contribution in [3.8, 4) is 5.88 Å². The lowest BCUT2D eigenvalue weighted by molar-refractivity contribution is 0.135. The molecule has 1 saturated heterocycles. The summed E-state index contributed by atoms with van der Waals surface area (Å²) >= 11 is 0. The van der Waals surface area contributed by atoms with E-state index in [0.717, 1.165) is 37.2 Å². The van der Waals surface area contributed by atoms with Crippen molar-refractivity contribution in [2.24, 2.45) is 5.92 Å². The molecule has 5 heteroatoms. The molecule has 0 bridgehead atoms. The van der Waals surface area contributed by atoms with Crippen LogP contribution in [0.5, 0.6) is 5.88 Å². The van der Waals surface area contributed by atoms with Gasteiger partial charge in [0.2, 0.25) is 5.88 Å². The highest BCUT2D eigenvalue weighted by molar-refractivity contribution is 5.74. The number of ether oxygens (including phenoxy) is 1. The zero-order valence-corrected chi connectivity index (χ0v) is 14.6. The minimum absolute atomic E-state index is 0.00207. The van der Waals surface area contributed by atoms with Gasteiger partial charge in [0.15, 0.2) is 0 Å². The number of carbonyl (C=O) groups is 1. The minimum Gasteiger partial charge on any atom is -0.477 e. The number of urea groups is 1. The van der Waals surface area contributed by atoms with Crippen LogP contribution in [0.2, 0.25) is 0 Å². The van der Waals surface area contributed by atoms with E-state index in [0.29, 0.717) is 24.9 Å². The van der Waals surface area contributed by atoms with Gasteiger partial charge in [-0.1, -0.05) is 36.4 Å². The van der Waals surface area contributed by atoms with Crippen LogP contribution < -0.4 is 10.1 Å². The monoisotopic (exact) mass is 339 g/mol. The quantitative estimate of drug-likeness (QED) is 0.908. The second-order valence-electron chi connectivity index (χ2n) is 6.53. The average Bonchev–Trinajstić information content (AvgIpc) is 2.65. The van der Waals surface area contributed by atoms with Crippen molar-refractivity contribution in [3.63, 3.8) is 0 Å². The first kappa shape index (κ1) is 17.3. The molecular weight excluding hydrogens is 314 g/mol. The Balaban J connectivity index is 1.46. The zero-order chi connectivity index (χ0) is 17.5. The van der Waals surface area contributed by atoms with Gasteiger partial charge in [-0.3, -0.25) is 0 Å². The zero-order valence-electron chi connectivity index (χ0n) is 14.6. The highest BCUT2D eigenvalue weighted by Crippen LogP contribution is 2.18. The molecule has 1 aromatic heterocycles. The van der Waals surface area contributed by atoms with Crippen molar-refractivity contribution in [1.82, 2.24) is 15.2 Å². The number of carbonyl (C=O) groups excluding carboxylic acids is 1. The van der Waals surface area contributed by atoms with Crippen LogP contribution in [-0.2, 0) is 6.54 Å². The summed E-state index contributed by atoms with van der Waals surface area (Å²) in [4.78, 5) is 18.7. The predicted octanol–water partition coefficient (Wildman–Crippen LogP) is 3.39. The highest BCUT2D eigenvalue weighted by atomic mass is 16.5. The van der Waals surface area contributed by atoms with Crippen LogP contribution in [0, 0.1) is 12.8 Å². The molecule has 1 fully saturated rings. The molecule has 0 aliphatic carbocycles. The molecule has 2 amide bonds. The summed E-state index contributed by atoms with van der Waals surface area (Å²) in [6.07, 6.45) is 2.09. The van der Waals surface area contributed by atoms with Gasteiger partial charge >= 0.3 is 6.03 Å². The van der Waals surface area contributed by atoms with E-state index in [1.54, 1.807) is 0 Å². The molecule has 5 nitrogen and oxygen atoms in total. The maximum absolute atomic E-state index is 12.4. The van der Waals surface area contributed by atoms with Crippen molar-refractivity contribution in [2.45, 2.75) is 26.3 Å². The Labute approximate surface area is 149 Å². The van der Waals surface area contributed by atoms with Crippen LogP contribution >= 0.6 is 0 Å². The number of hydrogen-bond acceptors (Lipinski definition) is 3. The number of nitrogens with zero attached hydrogens (tertiary/aromatic N) is 2. The van der Waals surface area contributed by atoms with E-state index in [1.165, 1.54) is 0 Å². The van der Waals surface area contributed by atoms with Gasteiger partial charge in [0, 0.05) is 37.3 Å². The van der Waals surface area contributed by atoms with Crippen LogP contribution in [0.4, 0.5) is 4.79 Å². The van der Waals surface area contributed by atoms with Crippen LogP contribution in [0.25, 0.3) is 0 Å². The second kappa shape index (κ2) is 8.51. The molecule has 0 radical (unpaired) electrons. The van der Waals surface area contributed by atoms with Gasteiger partial charge in [0.1, 0.15) is 0 Å². The second-order valence-corrected chi connectivity index (χ2v) is 6.53. The molecule has 1 aromatic carbocycles. The lowest BCUT2D eigenvalue weighted by atomic mass is 9.99. The van der Waals surface area contributed by atoms with E-state index in [-0.39, 0.29) is 6.03 Å². The topological polar surface area (TPSA) is 54.5 Å². The first-order chi connectivity index (χ1) is 12.2. The number of benzene rings is 1. The van der Waals surface area contributed by atoms with E-state index in [4.69, 9.17) is 4.74 Å². The van der Waals surface area contributed by atoms with Crippen molar-refractivity contribution in [1.29, 1.82) is 0 Å². The van der Waals surface area contributed by atoms with Crippen molar-refractivity contribution in [3.05, 3.63) is 59.8 Å². The molecule has 0 spiro atoms. The summed E-state index contributed by atoms with van der Waals surface area (Å²) in [7, 11) is 0. The first-order valence-electron chi connectivity index (χ1n) is 8.84. The lowest BCUT2D eigenvalue weighted by Crippen LogP contribution is -2.46. The summed E-state index contributed by atoms with van der Waals surface area (Å²) in [5, 5.41) is 3.00. The number of nitrogens with one attached hydrogen (secondary N) is 1. The Kier molecular flexibility index (Phi) is 5.88. The number of pyridine rings is 1. The molecule has 0 saturated carbocycles. The molecule has 1 aliphatic heterocycles. The van der Waals surface area contributed by atoms with E-state index >= 15 is 0 Å². The fraction of sp³-hybridized carbons (Fsp3) is 0.400. The molecule has 3 rings (SSSR count). The number of rotatable bonds is 5. The van der Waals surface area contributed by atoms with Gasteiger partial charge in [0.05, 0.1) is 6.61 Å². The largest absolute Gasteiger partial charge is 0.477 e. The van der Waals surface area contributed by atoms with Crippen LogP contribution in [0.3, 0.4) is 0 Å². The molecule has 1 N–H and O–H groups in total. The van der Waals surface area contributed by atoms with Crippen molar-refractivity contribution < 1.29 is 9.53 Å². The molecule has 2 heterocycles. The summed E-state index contributed by atoms with van der Waals surface area (Å²) < 4.78 is 5.81. The Morgan fingerprint density at radius 1 is 1.24 bits per heavy atom. The molecule has 2 aromatic rings. The third-order valence-electron chi connectivity index (χ3n) is 4.42. The van der Waals surface area contributed by atoms with Crippen LogP contribution in [0.1, 0.15) is 24.1 Å². The third kappa shape index (κ3) is 5.21. The van der Waals surface area contributed by atoms with Gasteiger partial charge in [-0.05, 0) is 31.4 Å². The highest BCUT2D eigenvalue weighted by Gasteiger charge is 2.24. The first-order valence-corrected chi connectivity index (χ1v) is 8.84. The number of hydrogen-bond donors (Lipinski definition) is 1. The average molecular weight is 339 g/mol. The Bertz CT molecular complexity index is 690. The number of aromatic nitrogens is 1. The fourth-order valence-electron chi connectivity index (χ4n) is 3.07. The maximum Gasteiger partial charge on any atom is 0.317 e. The Hall–Kier alpha value is -2.56. The van der Waals surface area contributed by atoms with Crippen LogP contribution in [-0.4, -0.2) is 35.6 Å². The molecule has 132 valence electrons. The number of aryl methyl sites for hydroxylation is 1. The number of likely N-dealkylation sites (tertiary alicyclic amines) is 1. The maximum atomic E-state index is 12.4. The number of piperidine rings is 1. The van der Waals surface area contributed by atoms with Gasteiger partial charge in [-0.15, -0.1) is 0 Å². The Morgan fingerprint density at radius 3 is 2.88 bits per heavy atom. The molecule has 25 heavy (non-hydrogen) atoms. The van der Waals surface area contributed by atoms with E-state index in [9.17, 15) is 4.79 Å². The standard InChI is InChI=1S/C20H25N3O2/c1-16-7-5-11-19(22-16)25-15-18-10-6-12-23(14-18)20(24)21-13-17-8-3-2-4-9-17/h2-5,7-9,11,18H,6,10,12-15H2,1H3,(H,21,24). The van der Waals surface area contributed by atoms with Crippen molar-refractivity contribution in [2.75, 3.05) is 19.7 Å². The smallest absolute Gasteiger partial charge is 0.317 e. The molecule has 1 aliphatic rings. The predicted molar refractivity (Wildman–Crippen MR) is 97.4 cm³/mol. The van der Waals surface area contributed by atoms with E-state index < -0.39 is 0 Å². The molecule has 1 atom stereocenters. The van der Waals surface area contributed by atoms with E-state index in [2.05, 4.69) is 10.3 Å². The van der Waals surface area contributed by atoms with Gasteiger partial charge < -0.3 is 15.0 Å². The van der Waals surface area contributed by atoms with E-state index in [1.807, 2.05) is 60.4 Å². The lowest BCUT2D eigenvalue weighted by Gasteiger charge is -2.32. The fourth-order valence-corrected chi connectivity index (χ4v) is 3.07. The minimum atomic E-state index is 0.00207. The molecule has 1 unspecified atom stereocenters. The summed E-state index contributed by atoms with van der Waals surface area (Å²) in [6, 6.07) is 15.7. The normalized spacial score (nSPS) is 17.2. The SMILES string of the molecule is Cc1cccc(OCC2CCCN(C(=O)NCc3ccccc3)C2)n1. The summed E-state index contributed by atoms with van der Waals surface area (Å²) in [5.41, 5.74) is 2.06. The Morgan fingerprint density at radius 2 is 2.08 bits per heavy atom.